The van der Waals surface area contributed by atoms with Crippen molar-refractivity contribution in [2.75, 3.05) is 11.9 Å². The number of anilines is 1. The van der Waals surface area contributed by atoms with E-state index in [4.69, 9.17) is 16.3 Å². The number of benzene rings is 1. The molecule has 1 N–H and O–H groups in total. The number of aromatic nitrogens is 2. The molecule has 0 bridgehead atoms. The molecule has 0 spiro atoms. The standard InChI is InChI=1S/C14H15ClFN3O/c1-4-17-13-8(2)14(19-9(3)18-13)20-12-6-5-10(16)7-11(12)15/h5-7H,4H2,1-3H3,(H,17,18,19). The quantitative estimate of drug-likeness (QED) is 0.922. The van der Waals surface area contributed by atoms with E-state index in [1.165, 1.54) is 18.2 Å². The summed E-state index contributed by atoms with van der Waals surface area (Å²) in [4.78, 5) is 8.55. The Morgan fingerprint density at radius 1 is 1.30 bits per heavy atom. The molecule has 1 heterocycles. The Bertz CT molecular complexity index is 634. The molecule has 0 aliphatic carbocycles. The van der Waals surface area contributed by atoms with Crippen molar-refractivity contribution in [2.45, 2.75) is 20.8 Å². The third kappa shape index (κ3) is 3.17. The van der Waals surface area contributed by atoms with Crippen LogP contribution in [0.2, 0.25) is 5.02 Å². The normalized spacial score (nSPS) is 10.4. The molecule has 2 aromatic rings. The second kappa shape index (κ2) is 6.05. The summed E-state index contributed by atoms with van der Waals surface area (Å²) in [6.07, 6.45) is 0. The van der Waals surface area contributed by atoms with Crippen molar-refractivity contribution in [3.63, 3.8) is 0 Å². The molecule has 4 nitrogen and oxygen atoms in total. The zero-order chi connectivity index (χ0) is 14.7. The first-order valence-electron chi connectivity index (χ1n) is 6.23. The van der Waals surface area contributed by atoms with Gasteiger partial charge in [-0.25, -0.2) is 9.37 Å². The summed E-state index contributed by atoms with van der Waals surface area (Å²) < 4.78 is 18.7. The van der Waals surface area contributed by atoms with Gasteiger partial charge in [-0.05, 0) is 39.0 Å². The Hall–Kier alpha value is -1.88. The van der Waals surface area contributed by atoms with Crippen LogP contribution >= 0.6 is 11.6 Å². The molecule has 0 unspecified atom stereocenters. The highest BCUT2D eigenvalue weighted by Gasteiger charge is 2.12. The van der Waals surface area contributed by atoms with E-state index in [0.29, 0.717) is 23.3 Å². The van der Waals surface area contributed by atoms with Crippen LogP contribution in [-0.2, 0) is 0 Å². The molecule has 106 valence electrons. The van der Waals surface area contributed by atoms with Crippen molar-refractivity contribution in [3.8, 4) is 11.6 Å². The van der Waals surface area contributed by atoms with E-state index in [0.717, 1.165) is 12.1 Å². The average Bonchev–Trinajstić information content (AvgIpc) is 2.38. The monoisotopic (exact) mass is 295 g/mol. The SMILES string of the molecule is CCNc1nc(C)nc(Oc2ccc(F)cc2Cl)c1C. The fraction of sp³-hybridized carbons (Fsp3) is 0.286. The van der Waals surface area contributed by atoms with Crippen LogP contribution in [0, 0.1) is 19.7 Å². The van der Waals surface area contributed by atoms with Crippen molar-refractivity contribution in [1.29, 1.82) is 0 Å². The lowest BCUT2D eigenvalue weighted by Gasteiger charge is -2.13. The number of hydrogen-bond acceptors (Lipinski definition) is 4. The lowest BCUT2D eigenvalue weighted by Crippen LogP contribution is -2.06. The highest BCUT2D eigenvalue weighted by atomic mass is 35.5. The van der Waals surface area contributed by atoms with Gasteiger partial charge < -0.3 is 10.1 Å². The first kappa shape index (κ1) is 14.5. The molecule has 2 rings (SSSR count). The maximum absolute atomic E-state index is 13.0. The van der Waals surface area contributed by atoms with Crippen molar-refractivity contribution in [3.05, 3.63) is 40.4 Å². The van der Waals surface area contributed by atoms with Gasteiger partial charge in [-0.2, -0.15) is 4.98 Å². The van der Waals surface area contributed by atoms with Gasteiger partial charge in [-0.3, -0.25) is 0 Å². The summed E-state index contributed by atoms with van der Waals surface area (Å²) >= 11 is 5.95. The fourth-order valence-electron chi connectivity index (χ4n) is 1.70. The van der Waals surface area contributed by atoms with Crippen LogP contribution < -0.4 is 10.1 Å². The molecule has 6 heteroatoms. The van der Waals surface area contributed by atoms with Crippen LogP contribution in [0.5, 0.6) is 11.6 Å². The lowest BCUT2D eigenvalue weighted by atomic mass is 10.3. The second-order valence-corrected chi connectivity index (χ2v) is 4.66. The van der Waals surface area contributed by atoms with E-state index in [9.17, 15) is 4.39 Å². The van der Waals surface area contributed by atoms with E-state index in [1.54, 1.807) is 6.92 Å². The van der Waals surface area contributed by atoms with Gasteiger partial charge in [0.05, 0.1) is 10.6 Å². The molecule has 0 aliphatic heterocycles. The number of nitrogens with zero attached hydrogens (tertiary/aromatic N) is 2. The molecule has 0 aliphatic rings. The number of ether oxygens (including phenoxy) is 1. The second-order valence-electron chi connectivity index (χ2n) is 4.26. The Labute approximate surface area is 122 Å². The first-order chi connectivity index (χ1) is 9.51. The van der Waals surface area contributed by atoms with Gasteiger partial charge >= 0.3 is 0 Å². The molecule has 0 radical (unpaired) electrons. The summed E-state index contributed by atoms with van der Waals surface area (Å²) in [7, 11) is 0. The largest absolute Gasteiger partial charge is 0.437 e. The summed E-state index contributed by atoms with van der Waals surface area (Å²) in [6, 6.07) is 3.96. The highest BCUT2D eigenvalue weighted by Crippen LogP contribution is 2.32. The van der Waals surface area contributed by atoms with Gasteiger partial charge in [0.15, 0.2) is 0 Å². The van der Waals surface area contributed by atoms with Gasteiger partial charge in [0.25, 0.3) is 0 Å². The van der Waals surface area contributed by atoms with Crippen molar-refractivity contribution >= 4 is 17.4 Å². The van der Waals surface area contributed by atoms with E-state index in [-0.39, 0.29) is 5.02 Å². The van der Waals surface area contributed by atoms with Crippen molar-refractivity contribution < 1.29 is 9.13 Å². The average molecular weight is 296 g/mol. The Balaban J connectivity index is 2.37. The summed E-state index contributed by atoms with van der Waals surface area (Å²) in [6.45, 7) is 6.35. The van der Waals surface area contributed by atoms with E-state index < -0.39 is 5.82 Å². The summed E-state index contributed by atoms with van der Waals surface area (Å²) in [5.41, 5.74) is 0.776. The number of hydrogen-bond donors (Lipinski definition) is 1. The van der Waals surface area contributed by atoms with Gasteiger partial charge in [0, 0.05) is 6.54 Å². The summed E-state index contributed by atoms with van der Waals surface area (Å²) in [5, 5.41) is 3.34. The van der Waals surface area contributed by atoms with Gasteiger partial charge in [0.2, 0.25) is 5.88 Å². The number of aryl methyl sites for hydroxylation is 1. The molecule has 1 aromatic carbocycles. The van der Waals surface area contributed by atoms with Gasteiger partial charge in [0.1, 0.15) is 23.2 Å². The predicted molar refractivity (Wildman–Crippen MR) is 77.2 cm³/mol. The van der Waals surface area contributed by atoms with Crippen molar-refractivity contribution in [2.24, 2.45) is 0 Å². The number of rotatable bonds is 4. The molecule has 1 aromatic heterocycles. The highest BCUT2D eigenvalue weighted by molar-refractivity contribution is 6.32. The summed E-state index contributed by atoms with van der Waals surface area (Å²) in [5.74, 6) is 1.65. The van der Waals surface area contributed by atoms with E-state index >= 15 is 0 Å². The third-order valence-corrected chi connectivity index (χ3v) is 2.95. The number of nitrogens with one attached hydrogen (secondary N) is 1. The zero-order valence-corrected chi connectivity index (χ0v) is 12.3. The predicted octanol–water partition coefficient (Wildman–Crippen LogP) is 4.11. The Kier molecular flexibility index (Phi) is 4.39. The van der Waals surface area contributed by atoms with Crippen LogP contribution in [0.1, 0.15) is 18.3 Å². The third-order valence-electron chi connectivity index (χ3n) is 2.66. The zero-order valence-electron chi connectivity index (χ0n) is 11.5. The first-order valence-corrected chi connectivity index (χ1v) is 6.61. The van der Waals surface area contributed by atoms with Gasteiger partial charge in [-0.15, -0.1) is 0 Å². The molecule has 0 amide bonds. The molecule has 20 heavy (non-hydrogen) atoms. The minimum absolute atomic E-state index is 0.200. The number of halogens is 2. The molecule has 0 atom stereocenters. The topological polar surface area (TPSA) is 47.0 Å². The van der Waals surface area contributed by atoms with Crippen LogP contribution in [0.3, 0.4) is 0 Å². The Morgan fingerprint density at radius 3 is 2.70 bits per heavy atom. The lowest BCUT2D eigenvalue weighted by molar-refractivity contribution is 0.454. The molecule has 0 fully saturated rings. The van der Waals surface area contributed by atoms with Crippen LogP contribution in [0.25, 0.3) is 0 Å². The van der Waals surface area contributed by atoms with E-state index in [1.807, 2.05) is 13.8 Å². The molecule has 0 saturated carbocycles. The van der Waals surface area contributed by atoms with Gasteiger partial charge in [-0.1, -0.05) is 11.6 Å². The molecular formula is C14H15ClFN3O. The Morgan fingerprint density at radius 2 is 2.05 bits per heavy atom. The molecule has 0 saturated heterocycles. The minimum Gasteiger partial charge on any atom is -0.437 e. The van der Waals surface area contributed by atoms with Crippen LogP contribution in [-0.4, -0.2) is 16.5 Å². The molecular weight excluding hydrogens is 281 g/mol. The van der Waals surface area contributed by atoms with E-state index in [2.05, 4.69) is 15.3 Å². The smallest absolute Gasteiger partial charge is 0.227 e. The van der Waals surface area contributed by atoms with Crippen LogP contribution in [0.4, 0.5) is 10.2 Å². The van der Waals surface area contributed by atoms with Crippen LogP contribution in [0.15, 0.2) is 18.2 Å². The maximum atomic E-state index is 13.0. The maximum Gasteiger partial charge on any atom is 0.227 e. The fourth-order valence-corrected chi connectivity index (χ4v) is 1.91. The van der Waals surface area contributed by atoms with Crippen molar-refractivity contribution in [1.82, 2.24) is 9.97 Å². The minimum atomic E-state index is -0.411.